The number of carboxylic acids is 1. The first-order valence-electron chi connectivity index (χ1n) is 8.73. The van der Waals surface area contributed by atoms with Crippen LogP contribution in [0.15, 0.2) is 42.9 Å². The number of halogens is 6. The average Bonchev–Trinajstić information content (AvgIpc) is 3.15. The van der Waals surface area contributed by atoms with Crippen molar-refractivity contribution in [1.29, 1.82) is 0 Å². The zero-order valence-electron chi connectivity index (χ0n) is 16.3. The first kappa shape index (κ1) is 25.4. The SMILES string of the molecule is NCc1ccn2ncc(C(=O)Nc3ccnc(OCC(F)(F)F)c3)c2c1.O=C(O)C(F)(F)F. The van der Waals surface area contributed by atoms with Crippen molar-refractivity contribution in [3.05, 3.63) is 54.0 Å². The van der Waals surface area contributed by atoms with E-state index in [1.165, 1.54) is 29.0 Å². The van der Waals surface area contributed by atoms with E-state index in [1.807, 2.05) is 0 Å². The van der Waals surface area contributed by atoms with Crippen LogP contribution < -0.4 is 15.8 Å². The summed E-state index contributed by atoms with van der Waals surface area (Å²) in [7, 11) is 0. The van der Waals surface area contributed by atoms with Gasteiger partial charge < -0.3 is 20.9 Å². The van der Waals surface area contributed by atoms with Gasteiger partial charge in [0.15, 0.2) is 6.61 Å². The maximum Gasteiger partial charge on any atom is 0.490 e. The quantitative estimate of drug-likeness (QED) is 0.480. The third-order valence-electron chi connectivity index (χ3n) is 3.69. The van der Waals surface area contributed by atoms with Crippen LogP contribution in [0.5, 0.6) is 5.88 Å². The van der Waals surface area contributed by atoms with E-state index in [1.54, 1.807) is 18.3 Å². The van der Waals surface area contributed by atoms with Gasteiger partial charge in [0, 0.05) is 30.7 Å². The van der Waals surface area contributed by atoms with Gasteiger partial charge in [-0.1, -0.05) is 0 Å². The number of nitrogens with zero attached hydrogens (tertiary/aromatic N) is 3. The Morgan fingerprint density at radius 1 is 1.15 bits per heavy atom. The van der Waals surface area contributed by atoms with Crippen LogP contribution in [0.3, 0.4) is 0 Å². The van der Waals surface area contributed by atoms with E-state index in [0.717, 1.165) is 5.56 Å². The molecule has 9 nitrogen and oxygen atoms in total. The van der Waals surface area contributed by atoms with Crippen LogP contribution in [0.25, 0.3) is 5.52 Å². The van der Waals surface area contributed by atoms with Crippen molar-refractivity contribution < 1.29 is 45.8 Å². The molecular weight excluding hydrogens is 464 g/mol. The normalized spacial score (nSPS) is 11.5. The fourth-order valence-electron chi connectivity index (χ4n) is 2.25. The molecule has 0 aliphatic heterocycles. The third-order valence-corrected chi connectivity index (χ3v) is 3.69. The number of aromatic nitrogens is 3. The third kappa shape index (κ3) is 7.64. The summed E-state index contributed by atoms with van der Waals surface area (Å²) >= 11 is 0. The molecule has 0 saturated carbocycles. The van der Waals surface area contributed by atoms with Crippen molar-refractivity contribution in [2.75, 3.05) is 11.9 Å². The number of aliphatic carboxylic acids is 1. The number of pyridine rings is 2. The van der Waals surface area contributed by atoms with Crippen molar-refractivity contribution in [2.24, 2.45) is 5.73 Å². The van der Waals surface area contributed by atoms with Gasteiger partial charge in [-0.05, 0) is 23.8 Å². The second-order valence-electron chi connectivity index (χ2n) is 6.17. The van der Waals surface area contributed by atoms with Gasteiger partial charge in [0.1, 0.15) is 0 Å². The largest absolute Gasteiger partial charge is 0.490 e. The zero-order valence-corrected chi connectivity index (χ0v) is 16.3. The van der Waals surface area contributed by atoms with Crippen molar-refractivity contribution in [1.82, 2.24) is 14.6 Å². The predicted molar refractivity (Wildman–Crippen MR) is 101 cm³/mol. The molecule has 0 atom stereocenters. The average molecular weight is 479 g/mol. The lowest BCUT2D eigenvalue weighted by Crippen LogP contribution is -2.21. The number of carbonyl (C=O) groups excluding carboxylic acids is 1. The number of carbonyl (C=O) groups is 2. The minimum absolute atomic E-state index is 0.245. The van der Waals surface area contributed by atoms with Gasteiger partial charge in [0.05, 0.1) is 17.3 Å². The molecule has 3 aromatic rings. The van der Waals surface area contributed by atoms with E-state index in [-0.39, 0.29) is 11.6 Å². The molecule has 15 heteroatoms. The topological polar surface area (TPSA) is 132 Å². The molecule has 3 heterocycles. The number of nitrogens with one attached hydrogen (secondary N) is 1. The van der Waals surface area contributed by atoms with Crippen molar-refractivity contribution in [3.8, 4) is 5.88 Å². The number of rotatable bonds is 5. The molecule has 3 aromatic heterocycles. The molecule has 0 aliphatic rings. The van der Waals surface area contributed by atoms with Crippen molar-refractivity contribution in [2.45, 2.75) is 18.9 Å². The minimum Gasteiger partial charge on any atom is -0.475 e. The Morgan fingerprint density at radius 3 is 2.39 bits per heavy atom. The van der Waals surface area contributed by atoms with Crippen LogP contribution >= 0.6 is 0 Å². The van der Waals surface area contributed by atoms with E-state index in [0.29, 0.717) is 17.6 Å². The number of alkyl halides is 6. The Hall–Kier alpha value is -3.88. The lowest BCUT2D eigenvalue weighted by atomic mass is 10.2. The molecule has 0 saturated heterocycles. The van der Waals surface area contributed by atoms with Gasteiger partial charge >= 0.3 is 18.3 Å². The Labute approximate surface area is 180 Å². The monoisotopic (exact) mass is 479 g/mol. The summed E-state index contributed by atoms with van der Waals surface area (Å²) in [5.41, 5.74) is 7.55. The predicted octanol–water partition coefficient (Wildman–Crippen LogP) is 3.01. The van der Waals surface area contributed by atoms with Crippen molar-refractivity contribution >= 4 is 23.1 Å². The molecular formula is C18H15F6N5O4. The van der Waals surface area contributed by atoms with Crippen LogP contribution in [0.1, 0.15) is 15.9 Å². The molecule has 4 N–H and O–H groups in total. The molecule has 0 spiro atoms. The number of hydrogen-bond donors (Lipinski definition) is 3. The molecule has 0 radical (unpaired) electrons. The Bertz CT molecular complexity index is 1130. The molecule has 0 aromatic carbocycles. The second kappa shape index (κ2) is 10.2. The lowest BCUT2D eigenvalue weighted by Gasteiger charge is -2.10. The molecule has 3 rings (SSSR count). The van der Waals surface area contributed by atoms with E-state index >= 15 is 0 Å². The summed E-state index contributed by atoms with van der Waals surface area (Å²) in [6, 6.07) is 6.18. The number of amides is 1. The molecule has 178 valence electrons. The summed E-state index contributed by atoms with van der Waals surface area (Å²) in [6.45, 7) is -1.15. The molecule has 0 bridgehead atoms. The highest BCUT2D eigenvalue weighted by molar-refractivity contribution is 6.08. The van der Waals surface area contributed by atoms with Crippen LogP contribution in [-0.4, -0.2) is 50.5 Å². The first-order valence-corrected chi connectivity index (χ1v) is 8.73. The lowest BCUT2D eigenvalue weighted by molar-refractivity contribution is -0.192. The summed E-state index contributed by atoms with van der Waals surface area (Å²) in [6.07, 6.45) is -5.24. The van der Waals surface area contributed by atoms with Crippen LogP contribution in [-0.2, 0) is 11.3 Å². The number of ether oxygens (including phenoxy) is 1. The molecule has 0 fully saturated rings. The Kier molecular flexibility index (Phi) is 7.81. The van der Waals surface area contributed by atoms with Crippen LogP contribution in [0, 0.1) is 0 Å². The summed E-state index contributed by atoms with van der Waals surface area (Å²) in [5.74, 6) is -3.47. The smallest absolute Gasteiger partial charge is 0.475 e. The summed E-state index contributed by atoms with van der Waals surface area (Å²) < 4.78 is 74.5. The van der Waals surface area contributed by atoms with Gasteiger partial charge in [-0.25, -0.2) is 14.3 Å². The number of carboxylic acid groups (broad SMARTS) is 1. The fourth-order valence-corrected chi connectivity index (χ4v) is 2.25. The fraction of sp³-hybridized carbons (Fsp3) is 0.222. The number of hydrogen-bond acceptors (Lipinski definition) is 6. The van der Waals surface area contributed by atoms with Crippen LogP contribution in [0.4, 0.5) is 32.0 Å². The number of nitrogens with two attached hydrogens (primary N) is 1. The van der Waals surface area contributed by atoms with E-state index in [2.05, 4.69) is 20.1 Å². The van der Waals surface area contributed by atoms with E-state index < -0.39 is 30.8 Å². The van der Waals surface area contributed by atoms with Gasteiger partial charge in [0.2, 0.25) is 5.88 Å². The van der Waals surface area contributed by atoms with E-state index in [9.17, 15) is 31.1 Å². The number of anilines is 1. The van der Waals surface area contributed by atoms with Crippen molar-refractivity contribution in [3.63, 3.8) is 0 Å². The van der Waals surface area contributed by atoms with Gasteiger partial charge in [-0.15, -0.1) is 0 Å². The maximum absolute atomic E-state index is 12.5. The van der Waals surface area contributed by atoms with Crippen LogP contribution in [0.2, 0.25) is 0 Å². The molecule has 0 aliphatic carbocycles. The highest BCUT2D eigenvalue weighted by atomic mass is 19.4. The second-order valence-corrected chi connectivity index (χ2v) is 6.17. The molecule has 0 unspecified atom stereocenters. The highest BCUT2D eigenvalue weighted by Gasteiger charge is 2.38. The summed E-state index contributed by atoms with van der Waals surface area (Å²) in [5, 5.41) is 13.8. The molecule has 33 heavy (non-hydrogen) atoms. The summed E-state index contributed by atoms with van der Waals surface area (Å²) in [4.78, 5) is 25.1. The first-order chi connectivity index (χ1) is 15.3. The Balaban J connectivity index is 0.000000479. The standard InChI is InChI=1S/C16H14F3N5O2.C2HF3O2/c17-16(18,19)9-26-14-6-11(1-3-21-14)23-15(25)12-8-22-24-4-2-10(7-20)5-13(12)24;3-2(4,5)1(6)7/h1-6,8H,7,9,20H2,(H,21,23,25);(H,6,7). The van der Waals surface area contributed by atoms with Gasteiger partial charge in [-0.2, -0.15) is 31.4 Å². The zero-order chi connectivity index (χ0) is 24.8. The minimum atomic E-state index is -5.08. The van der Waals surface area contributed by atoms with E-state index in [4.69, 9.17) is 15.6 Å². The Morgan fingerprint density at radius 2 is 1.82 bits per heavy atom. The highest BCUT2D eigenvalue weighted by Crippen LogP contribution is 2.20. The maximum atomic E-state index is 12.5. The van der Waals surface area contributed by atoms with Gasteiger partial charge in [-0.3, -0.25) is 4.79 Å². The van der Waals surface area contributed by atoms with Gasteiger partial charge in [0.25, 0.3) is 5.91 Å². The number of fused-ring (bicyclic) bond motifs is 1. The molecule has 1 amide bonds.